The summed E-state index contributed by atoms with van der Waals surface area (Å²) in [6, 6.07) is 0. The summed E-state index contributed by atoms with van der Waals surface area (Å²) in [6.45, 7) is 3.36. The lowest BCUT2D eigenvalue weighted by Gasteiger charge is -2.27. The summed E-state index contributed by atoms with van der Waals surface area (Å²) in [7, 11) is -2.87. The molecule has 9 heteroatoms. The zero-order valence-electron chi connectivity index (χ0n) is 9.61. The van der Waals surface area contributed by atoms with Gasteiger partial charge in [-0.25, -0.2) is 0 Å². The Morgan fingerprint density at radius 3 is 1.88 bits per heavy atom. The van der Waals surface area contributed by atoms with Crippen LogP contribution in [0.1, 0.15) is 33.6 Å². The molecule has 0 aromatic heterocycles. The molecule has 5 nitrogen and oxygen atoms in total. The average molecular weight is 279 g/mol. The van der Waals surface area contributed by atoms with Gasteiger partial charge in [0.25, 0.3) is 0 Å². The lowest BCUT2D eigenvalue weighted by Crippen LogP contribution is -2.43. The fraction of sp³-hybridized carbons (Fsp3) is 0.875. The quantitative estimate of drug-likeness (QED) is 0.611. The van der Waals surface area contributed by atoms with Crippen LogP contribution < -0.4 is 0 Å². The second-order valence-electron chi connectivity index (χ2n) is 3.48. The van der Waals surface area contributed by atoms with E-state index in [1.165, 1.54) is 0 Å². The van der Waals surface area contributed by atoms with Crippen molar-refractivity contribution in [2.45, 2.75) is 45.4 Å². The molecule has 17 heavy (non-hydrogen) atoms. The fourth-order valence-corrected chi connectivity index (χ4v) is 0.598. The average Bonchev–Trinajstić information content (AvgIpc) is 1.99. The van der Waals surface area contributed by atoms with Crippen LogP contribution in [0.25, 0.3) is 0 Å². The van der Waals surface area contributed by atoms with Gasteiger partial charge in [-0.15, -0.1) is 9.79 Å². The van der Waals surface area contributed by atoms with Crippen molar-refractivity contribution in [1.82, 2.24) is 0 Å². The van der Waals surface area contributed by atoms with E-state index in [2.05, 4.69) is 4.74 Å². The van der Waals surface area contributed by atoms with Crippen LogP contribution in [-0.2, 0) is 14.1 Å². The molecule has 0 heterocycles. The van der Waals surface area contributed by atoms with E-state index < -0.39 is 26.0 Å². The van der Waals surface area contributed by atoms with Gasteiger partial charge in [0.15, 0.2) is 0 Å². The Kier molecular flexibility index (Phi) is 8.31. The molecule has 0 atom stereocenters. The molecule has 0 saturated carbocycles. The van der Waals surface area contributed by atoms with Crippen LogP contribution in [0.3, 0.4) is 0 Å². The van der Waals surface area contributed by atoms with Gasteiger partial charge in [0.2, 0.25) is 5.60 Å². The van der Waals surface area contributed by atoms with Crippen molar-refractivity contribution in [2.75, 3.05) is 0 Å². The van der Waals surface area contributed by atoms with E-state index in [0.717, 1.165) is 13.8 Å². The summed E-state index contributed by atoms with van der Waals surface area (Å²) < 4.78 is 49.5. The van der Waals surface area contributed by atoms with Gasteiger partial charge in [-0.3, -0.25) is 4.79 Å². The monoisotopic (exact) mass is 279 g/mol. The first-order valence-corrected chi connectivity index (χ1v) is 5.74. The number of carbonyl (C=O) groups excluding carboxylic acids is 1. The van der Waals surface area contributed by atoms with Crippen molar-refractivity contribution >= 4 is 14.2 Å². The van der Waals surface area contributed by atoms with Crippen LogP contribution in [0.4, 0.5) is 13.2 Å². The number of ether oxygens (including phenoxy) is 1. The Hall–Kier alpha value is -0.720. The molecule has 0 bridgehead atoms. The van der Waals surface area contributed by atoms with Crippen LogP contribution in [0.15, 0.2) is 0 Å². The Morgan fingerprint density at radius 1 is 1.29 bits per heavy atom. The van der Waals surface area contributed by atoms with Gasteiger partial charge >= 0.3 is 20.4 Å². The second-order valence-corrected chi connectivity index (χ2v) is 3.99. The van der Waals surface area contributed by atoms with Crippen molar-refractivity contribution in [2.24, 2.45) is 0 Å². The number of hydrogen-bond donors (Lipinski definition) is 2. The van der Waals surface area contributed by atoms with E-state index in [4.69, 9.17) is 14.4 Å². The smallest absolute Gasteiger partial charge is 0.450 e. The molecule has 0 saturated heterocycles. The van der Waals surface area contributed by atoms with Crippen molar-refractivity contribution in [3.05, 3.63) is 0 Å². The molecule has 0 spiro atoms. The summed E-state index contributed by atoms with van der Waals surface area (Å²) >= 11 is 0. The lowest BCUT2D eigenvalue weighted by atomic mass is 10.1. The predicted molar refractivity (Wildman–Crippen MR) is 53.2 cm³/mol. The van der Waals surface area contributed by atoms with Crippen molar-refractivity contribution in [1.29, 1.82) is 0 Å². The second kappa shape index (κ2) is 7.58. The highest BCUT2D eigenvalue weighted by Crippen LogP contribution is 2.33. The molecule has 0 fully saturated rings. The van der Waals surface area contributed by atoms with Crippen molar-refractivity contribution in [3.63, 3.8) is 0 Å². The third kappa shape index (κ3) is 10.2. The first kappa shape index (κ1) is 18.6. The third-order valence-corrected chi connectivity index (χ3v) is 1.51. The molecule has 0 rings (SSSR count). The van der Waals surface area contributed by atoms with E-state index in [0.29, 0.717) is 6.42 Å². The molecule has 0 aliphatic heterocycles. The number of hydrogen-bond acceptors (Lipinski definition) is 3. The highest BCUT2D eigenvalue weighted by molar-refractivity contribution is 7.30. The first-order chi connectivity index (χ1) is 7.44. The van der Waals surface area contributed by atoms with Crippen molar-refractivity contribution in [3.8, 4) is 0 Å². The molecule has 0 unspecified atom stereocenters. The van der Waals surface area contributed by atoms with Gasteiger partial charge in [0, 0.05) is 11.0 Å². The first-order valence-electron chi connectivity index (χ1n) is 4.57. The van der Waals surface area contributed by atoms with Crippen LogP contribution >= 0.6 is 8.25 Å². The Morgan fingerprint density at radius 2 is 1.65 bits per heavy atom. The number of alkyl halides is 3. The van der Waals surface area contributed by atoms with Crippen LogP contribution in [0.2, 0.25) is 0 Å². The van der Waals surface area contributed by atoms with Crippen molar-refractivity contribution < 1.29 is 37.1 Å². The SMILES string of the molecule is CCCC(=O)OC(C)(C)C(F)(F)F.O=[P+](O)O. The Labute approximate surface area is 97.5 Å². The minimum absolute atomic E-state index is 0.0134. The molecule has 2 N–H and O–H groups in total. The third-order valence-electron chi connectivity index (χ3n) is 1.51. The standard InChI is InChI=1S/C8H13F3O2.HO3P/c1-4-5-6(12)13-7(2,3)8(9,10)11;1-4(2)3/h4-5H2,1-3H3;(H-,1,2,3)/p+1. The molecule has 0 aliphatic carbocycles. The lowest BCUT2D eigenvalue weighted by molar-refractivity contribution is -0.257. The summed E-state index contributed by atoms with van der Waals surface area (Å²) in [4.78, 5) is 25.0. The van der Waals surface area contributed by atoms with Gasteiger partial charge in [-0.2, -0.15) is 13.2 Å². The van der Waals surface area contributed by atoms with Crippen LogP contribution in [0, 0.1) is 0 Å². The molecule has 0 aromatic carbocycles. The van der Waals surface area contributed by atoms with E-state index in [1.54, 1.807) is 6.92 Å². The molecular formula is C8H15F3O5P+. The van der Waals surface area contributed by atoms with Gasteiger partial charge in [-0.05, 0) is 20.3 Å². The molecule has 102 valence electrons. The molecule has 0 aliphatic rings. The summed E-state index contributed by atoms with van der Waals surface area (Å²) in [5.41, 5.74) is -2.39. The largest absolute Gasteiger partial charge is 0.692 e. The zero-order valence-corrected chi connectivity index (χ0v) is 10.5. The number of rotatable bonds is 3. The fourth-order valence-electron chi connectivity index (χ4n) is 0.598. The minimum atomic E-state index is -4.52. The summed E-state index contributed by atoms with van der Waals surface area (Å²) in [5.74, 6) is -0.815. The number of esters is 1. The van der Waals surface area contributed by atoms with E-state index >= 15 is 0 Å². The van der Waals surface area contributed by atoms with Gasteiger partial charge in [-0.1, -0.05) is 6.92 Å². The normalized spacial score (nSPS) is 11.3. The number of halogens is 3. The van der Waals surface area contributed by atoms with E-state index in [1.807, 2.05) is 0 Å². The molecule has 0 amide bonds. The summed E-state index contributed by atoms with van der Waals surface area (Å²) in [5, 5.41) is 0. The Bertz CT molecular complexity index is 260. The van der Waals surface area contributed by atoms with Gasteiger partial charge in [0.1, 0.15) is 0 Å². The predicted octanol–water partition coefficient (Wildman–Crippen LogP) is 2.30. The summed E-state index contributed by atoms with van der Waals surface area (Å²) in [6.07, 6.45) is -4.03. The van der Waals surface area contributed by atoms with Gasteiger partial charge < -0.3 is 4.74 Å². The van der Waals surface area contributed by atoms with Crippen LogP contribution in [0.5, 0.6) is 0 Å². The Balaban J connectivity index is 0. The van der Waals surface area contributed by atoms with E-state index in [9.17, 15) is 18.0 Å². The highest BCUT2D eigenvalue weighted by atomic mass is 31.1. The molecule has 0 radical (unpaired) electrons. The minimum Gasteiger partial charge on any atom is -0.450 e. The van der Waals surface area contributed by atoms with Gasteiger partial charge in [0.05, 0.1) is 0 Å². The maximum absolute atomic E-state index is 12.2. The molecular weight excluding hydrogens is 264 g/mol. The highest BCUT2D eigenvalue weighted by Gasteiger charge is 2.50. The van der Waals surface area contributed by atoms with E-state index in [-0.39, 0.29) is 6.42 Å². The maximum Gasteiger partial charge on any atom is 0.692 e. The van der Waals surface area contributed by atoms with Crippen LogP contribution in [-0.4, -0.2) is 27.5 Å². The molecule has 0 aromatic rings. The topological polar surface area (TPSA) is 83.8 Å². The zero-order chi connectivity index (χ0) is 14.3. The maximum atomic E-state index is 12.2. The number of carbonyl (C=O) groups is 1.